The average Bonchev–Trinajstić information content (AvgIpc) is 2.59. The highest BCUT2D eigenvalue weighted by atomic mass is 35.5. The summed E-state index contributed by atoms with van der Waals surface area (Å²) in [5.74, 6) is 0. The van der Waals surface area contributed by atoms with Crippen molar-refractivity contribution in [3.63, 3.8) is 0 Å². The minimum absolute atomic E-state index is 0.860. The number of hydrogen-bond donors (Lipinski definition) is 0. The zero-order valence-corrected chi connectivity index (χ0v) is 14.8. The topological polar surface area (TPSA) is 16.1 Å². The molecule has 0 saturated carbocycles. The van der Waals surface area contributed by atoms with Gasteiger partial charge in [0.15, 0.2) is 0 Å². The molecule has 0 N–H and O–H groups in total. The average molecular weight is 331 g/mol. The Kier molecular flexibility index (Phi) is 7.96. The lowest BCUT2D eigenvalue weighted by atomic mass is 10.1. The standard InChI is InChI=1S/C20H27ClN2/c1-2-3-15-23(20-13-7-6-12-19(20)21)16-8-4-5-10-18-11-9-14-22-17-18/h6-7,9,11-14,17H,2-5,8,10,15-16H2,1H3. The number of pyridine rings is 1. The second kappa shape index (κ2) is 10.3. The number of aryl methyl sites for hydroxylation is 1. The van der Waals surface area contributed by atoms with E-state index in [2.05, 4.69) is 35.0 Å². The van der Waals surface area contributed by atoms with Gasteiger partial charge in [-0.2, -0.15) is 0 Å². The fourth-order valence-corrected chi connectivity index (χ4v) is 3.02. The maximum absolute atomic E-state index is 6.37. The molecule has 0 aliphatic rings. The summed E-state index contributed by atoms with van der Waals surface area (Å²) in [6.07, 6.45) is 11.0. The van der Waals surface area contributed by atoms with Crippen molar-refractivity contribution >= 4 is 17.3 Å². The van der Waals surface area contributed by atoms with Gasteiger partial charge in [0.2, 0.25) is 0 Å². The van der Waals surface area contributed by atoms with E-state index in [0.717, 1.165) is 24.5 Å². The third kappa shape index (κ3) is 6.23. The fourth-order valence-electron chi connectivity index (χ4n) is 2.76. The molecule has 1 aromatic heterocycles. The van der Waals surface area contributed by atoms with Crippen molar-refractivity contribution in [3.05, 3.63) is 59.4 Å². The summed E-state index contributed by atoms with van der Waals surface area (Å²) < 4.78 is 0. The van der Waals surface area contributed by atoms with Gasteiger partial charge in [-0.05, 0) is 49.4 Å². The van der Waals surface area contributed by atoms with Crippen LogP contribution in [0, 0.1) is 0 Å². The first-order valence-corrected chi connectivity index (χ1v) is 9.07. The Labute approximate surface area is 145 Å². The molecule has 0 saturated heterocycles. The van der Waals surface area contributed by atoms with Gasteiger partial charge in [0.25, 0.3) is 0 Å². The van der Waals surface area contributed by atoms with Crippen LogP contribution < -0.4 is 4.90 Å². The maximum atomic E-state index is 6.37. The van der Waals surface area contributed by atoms with Gasteiger partial charge >= 0.3 is 0 Å². The van der Waals surface area contributed by atoms with Crippen molar-refractivity contribution in [2.45, 2.75) is 45.4 Å². The molecule has 0 unspecified atom stereocenters. The molecule has 0 amide bonds. The number of aromatic nitrogens is 1. The molecule has 1 heterocycles. The van der Waals surface area contributed by atoms with Gasteiger partial charge in [0, 0.05) is 25.5 Å². The van der Waals surface area contributed by atoms with Crippen molar-refractivity contribution < 1.29 is 0 Å². The molecule has 3 heteroatoms. The van der Waals surface area contributed by atoms with Crippen molar-refractivity contribution in [2.75, 3.05) is 18.0 Å². The SMILES string of the molecule is CCCCN(CCCCCc1cccnc1)c1ccccc1Cl. The van der Waals surface area contributed by atoms with Gasteiger partial charge in [-0.15, -0.1) is 0 Å². The molecular weight excluding hydrogens is 304 g/mol. The minimum atomic E-state index is 0.860. The van der Waals surface area contributed by atoms with Crippen molar-refractivity contribution in [1.29, 1.82) is 0 Å². The van der Waals surface area contributed by atoms with E-state index in [1.165, 1.54) is 43.4 Å². The third-order valence-electron chi connectivity index (χ3n) is 4.09. The highest BCUT2D eigenvalue weighted by Gasteiger charge is 2.09. The van der Waals surface area contributed by atoms with E-state index in [1.807, 2.05) is 30.6 Å². The van der Waals surface area contributed by atoms with Crippen LogP contribution >= 0.6 is 11.6 Å². The van der Waals surface area contributed by atoms with Crippen LogP contribution in [0.25, 0.3) is 0 Å². The Morgan fingerprint density at radius 3 is 2.52 bits per heavy atom. The second-order valence-electron chi connectivity index (χ2n) is 5.96. The molecule has 0 aliphatic carbocycles. The first-order valence-electron chi connectivity index (χ1n) is 8.69. The molecule has 124 valence electrons. The number of unbranched alkanes of at least 4 members (excludes halogenated alkanes) is 3. The van der Waals surface area contributed by atoms with Crippen LogP contribution in [0.5, 0.6) is 0 Å². The molecule has 2 nitrogen and oxygen atoms in total. The summed E-state index contributed by atoms with van der Waals surface area (Å²) in [7, 11) is 0. The lowest BCUT2D eigenvalue weighted by Crippen LogP contribution is -2.25. The Bertz CT molecular complexity index is 557. The predicted molar refractivity (Wildman–Crippen MR) is 100 cm³/mol. The number of para-hydroxylation sites is 1. The van der Waals surface area contributed by atoms with Crippen LogP contribution in [0.2, 0.25) is 5.02 Å². The summed E-state index contributed by atoms with van der Waals surface area (Å²) in [6.45, 7) is 4.40. The summed E-state index contributed by atoms with van der Waals surface area (Å²) in [5, 5.41) is 0.860. The molecule has 0 bridgehead atoms. The molecule has 0 spiro atoms. The molecule has 0 radical (unpaired) electrons. The summed E-state index contributed by atoms with van der Waals surface area (Å²) in [5.41, 5.74) is 2.51. The smallest absolute Gasteiger partial charge is 0.0639 e. The second-order valence-corrected chi connectivity index (χ2v) is 6.37. The summed E-state index contributed by atoms with van der Waals surface area (Å²) >= 11 is 6.37. The zero-order valence-electron chi connectivity index (χ0n) is 14.0. The van der Waals surface area contributed by atoms with Crippen LogP contribution in [0.4, 0.5) is 5.69 Å². The highest BCUT2D eigenvalue weighted by molar-refractivity contribution is 6.33. The Balaban J connectivity index is 1.78. The van der Waals surface area contributed by atoms with Gasteiger partial charge in [-0.25, -0.2) is 0 Å². The van der Waals surface area contributed by atoms with Gasteiger partial charge in [0.05, 0.1) is 10.7 Å². The van der Waals surface area contributed by atoms with E-state index in [0.29, 0.717) is 0 Å². The molecule has 1 aromatic carbocycles. The van der Waals surface area contributed by atoms with E-state index in [9.17, 15) is 0 Å². The first kappa shape index (κ1) is 17.8. The normalized spacial score (nSPS) is 10.7. The lowest BCUT2D eigenvalue weighted by molar-refractivity contribution is 0.635. The number of nitrogens with zero attached hydrogens (tertiary/aromatic N) is 2. The number of benzene rings is 1. The molecule has 2 rings (SSSR count). The number of halogens is 1. The van der Waals surface area contributed by atoms with Gasteiger partial charge in [0.1, 0.15) is 0 Å². The van der Waals surface area contributed by atoms with Gasteiger partial charge < -0.3 is 4.90 Å². The van der Waals surface area contributed by atoms with Crippen LogP contribution in [-0.4, -0.2) is 18.1 Å². The van der Waals surface area contributed by atoms with E-state index in [1.54, 1.807) is 0 Å². The number of rotatable bonds is 10. The van der Waals surface area contributed by atoms with Crippen molar-refractivity contribution in [3.8, 4) is 0 Å². The van der Waals surface area contributed by atoms with Crippen LogP contribution in [0.15, 0.2) is 48.8 Å². The summed E-state index contributed by atoms with van der Waals surface area (Å²) in [4.78, 5) is 6.61. The van der Waals surface area contributed by atoms with E-state index in [4.69, 9.17) is 11.6 Å². The first-order chi connectivity index (χ1) is 11.3. The van der Waals surface area contributed by atoms with Crippen LogP contribution in [-0.2, 0) is 6.42 Å². The Hall–Kier alpha value is -1.54. The molecule has 23 heavy (non-hydrogen) atoms. The van der Waals surface area contributed by atoms with Gasteiger partial charge in [-0.3, -0.25) is 4.98 Å². The predicted octanol–water partition coefficient (Wildman–Crippen LogP) is 5.75. The number of anilines is 1. The van der Waals surface area contributed by atoms with E-state index in [-0.39, 0.29) is 0 Å². The largest absolute Gasteiger partial charge is 0.370 e. The summed E-state index contributed by atoms with van der Waals surface area (Å²) in [6, 6.07) is 12.4. The maximum Gasteiger partial charge on any atom is 0.0639 e. The quantitative estimate of drug-likeness (QED) is 0.515. The third-order valence-corrected chi connectivity index (χ3v) is 4.41. The van der Waals surface area contributed by atoms with E-state index >= 15 is 0 Å². The fraction of sp³-hybridized carbons (Fsp3) is 0.450. The van der Waals surface area contributed by atoms with Crippen LogP contribution in [0.1, 0.15) is 44.6 Å². The van der Waals surface area contributed by atoms with Crippen LogP contribution in [0.3, 0.4) is 0 Å². The Morgan fingerprint density at radius 2 is 1.78 bits per heavy atom. The molecular formula is C20H27ClN2. The molecule has 0 aliphatic heterocycles. The number of hydrogen-bond acceptors (Lipinski definition) is 2. The highest BCUT2D eigenvalue weighted by Crippen LogP contribution is 2.26. The Morgan fingerprint density at radius 1 is 0.957 bits per heavy atom. The molecule has 2 aromatic rings. The lowest BCUT2D eigenvalue weighted by Gasteiger charge is -2.25. The van der Waals surface area contributed by atoms with E-state index < -0.39 is 0 Å². The van der Waals surface area contributed by atoms with Crippen molar-refractivity contribution in [1.82, 2.24) is 4.98 Å². The zero-order chi connectivity index (χ0) is 16.3. The minimum Gasteiger partial charge on any atom is -0.370 e. The van der Waals surface area contributed by atoms with Crippen molar-refractivity contribution in [2.24, 2.45) is 0 Å². The van der Waals surface area contributed by atoms with Gasteiger partial charge in [-0.1, -0.05) is 49.6 Å². The monoisotopic (exact) mass is 330 g/mol. The molecule has 0 atom stereocenters. The molecule has 0 fully saturated rings.